The van der Waals surface area contributed by atoms with Crippen LogP contribution in [-0.4, -0.2) is 37.1 Å². The van der Waals surface area contributed by atoms with Crippen molar-refractivity contribution in [3.05, 3.63) is 48.0 Å². The number of rotatable bonds is 9. The number of methoxy groups -OCH3 is 2. The molecule has 0 aromatic heterocycles. The summed E-state index contributed by atoms with van der Waals surface area (Å²) >= 11 is 0. The largest absolute Gasteiger partial charge is 0.497 e. The van der Waals surface area contributed by atoms with Gasteiger partial charge in [-0.3, -0.25) is 14.4 Å². The molecule has 2 amide bonds. The maximum absolute atomic E-state index is 12.7. The maximum Gasteiger partial charge on any atom is 0.303 e. The fourth-order valence-electron chi connectivity index (χ4n) is 2.49. The molecule has 0 spiro atoms. The molecule has 28 heavy (non-hydrogen) atoms. The number of carbonyl (C=O) groups excluding carboxylic acids is 2. The Balaban J connectivity index is 2.12. The molecule has 0 heterocycles. The summed E-state index contributed by atoms with van der Waals surface area (Å²) in [4.78, 5) is 35.3. The molecule has 8 nitrogen and oxygen atoms in total. The second-order valence-corrected chi connectivity index (χ2v) is 5.86. The van der Waals surface area contributed by atoms with E-state index >= 15 is 0 Å². The molecule has 0 aliphatic heterocycles. The predicted molar refractivity (Wildman–Crippen MR) is 104 cm³/mol. The molecule has 0 aliphatic rings. The Morgan fingerprint density at radius 1 is 0.929 bits per heavy atom. The molecule has 0 bridgehead atoms. The van der Waals surface area contributed by atoms with Crippen LogP contribution in [0.25, 0.3) is 0 Å². The van der Waals surface area contributed by atoms with Gasteiger partial charge in [-0.2, -0.15) is 0 Å². The highest BCUT2D eigenvalue weighted by Crippen LogP contribution is 2.30. The van der Waals surface area contributed by atoms with Gasteiger partial charge >= 0.3 is 5.97 Å². The van der Waals surface area contributed by atoms with Crippen LogP contribution in [0.15, 0.2) is 42.5 Å². The van der Waals surface area contributed by atoms with Crippen LogP contribution < -0.4 is 20.1 Å². The van der Waals surface area contributed by atoms with Gasteiger partial charge in [-0.1, -0.05) is 12.1 Å². The van der Waals surface area contributed by atoms with Crippen molar-refractivity contribution in [1.29, 1.82) is 0 Å². The molecule has 2 aromatic carbocycles. The first-order valence-corrected chi connectivity index (χ1v) is 8.58. The van der Waals surface area contributed by atoms with E-state index in [1.807, 2.05) is 0 Å². The van der Waals surface area contributed by atoms with Crippen LogP contribution in [0.3, 0.4) is 0 Å². The van der Waals surface area contributed by atoms with Crippen molar-refractivity contribution < 1.29 is 29.0 Å². The van der Waals surface area contributed by atoms with Gasteiger partial charge in [0.25, 0.3) is 5.91 Å². The van der Waals surface area contributed by atoms with E-state index in [1.54, 1.807) is 42.5 Å². The molecule has 0 atom stereocenters. The highest BCUT2D eigenvalue weighted by Gasteiger charge is 2.15. The molecular formula is C20H22N2O6. The third-order valence-electron chi connectivity index (χ3n) is 3.90. The number of amides is 2. The Kier molecular flexibility index (Phi) is 7.38. The van der Waals surface area contributed by atoms with E-state index in [0.29, 0.717) is 22.9 Å². The molecule has 3 N–H and O–H groups in total. The third-order valence-corrected chi connectivity index (χ3v) is 3.90. The van der Waals surface area contributed by atoms with Crippen molar-refractivity contribution in [2.24, 2.45) is 0 Å². The molecule has 2 rings (SSSR count). The van der Waals surface area contributed by atoms with Gasteiger partial charge < -0.3 is 25.2 Å². The number of ether oxygens (including phenoxy) is 2. The lowest BCUT2D eigenvalue weighted by molar-refractivity contribution is -0.137. The number of para-hydroxylation sites is 1. The highest BCUT2D eigenvalue weighted by atomic mass is 16.5. The second-order valence-electron chi connectivity index (χ2n) is 5.86. The Morgan fingerprint density at radius 3 is 2.36 bits per heavy atom. The quantitative estimate of drug-likeness (QED) is 0.610. The van der Waals surface area contributed by atoms with Crippen molar-refractivity contribution in [1.82, 2.24) is 0 Å². The van der Waals surface area contributed by atoms with E-state index in [9.17, 15) is 14.4 Å². The van der Waals surface area contributed by atoms with Crippen LogP contribution >= 0.6 is 0 Å². The van der Waals surface area contributed by atoms with E-state index in [1.165, 1.54) is 14.2 Å². The topological polar surface area (TPSA) is 114 Å². The number of carboxylic acid groups (broad SMARTS) is 1. The summed E-state index contributed by atoms with van der Waals surface area (Å²) in [6, 6.07) is 11.5. The van der Waals surface area contributed by atoms with Crippen LogP contribution in [0, 0.1) is 0 Å². The number of carboxylic acids is 1. The minimum Gasteiger partial charge on any atom is -0.497 e. The fourth-order valence-corrected chi connectivity index (χ4v) is 2.49. The van der Waals surface area contributed by atoms with Gasteiger partial charge in [0.1, 0.15) is 11.5 Å². The zero-order valence-electron chi connectivity index (χ0n) is 15.7. The van der Waals surface area contributed by atoms with E-state index in [0.717, 1.165) is 0 Å². The Bertz CT molecular complexity index is 866. The summed E-state index contributed by atoms with van der Waals surface area (Å²) in [6.07, 6.45) is 0.181. The summed E-state index contributed by atoms with van der Waals surface area (Å²) in [5.41, 5.74) is 1.07. The van der Waals surface area contributed by atoms with Crippen LogP contribution in [0.1, 0.15) is 29.6 Å². The van der Waals surface area contributed by atoms with Crippen LogP contribution in [0.2, 0.25) is 0 Å². The lowest BCUT2D eigenvalue weighted by Gasteiger charge is -2.14. The lowest BCUT2D eigenvalue weighted by atomic mass is 10.1. The first-order valence-electron chi connectivity index (χ1n) is 8.58. The summed E-state index contributed by atoms with van der Waals surface area (Å²) in [5, 5.41) is 14.1. The summed E-state index contributed by atoms with van der Waals surface area (Å²) in [5.74, 6) is -0.721. The van der Waals surface area contributed by atoms with Crippen molar-refractivity contribution in [3.63, 3.8) is 0 Å². The smallest absolute Gasteiger partial charge is 0.303 e. The number of nitrogens with one attached hydrogen (secondary N) is 2. The SMILES string of the molecule is COc1ccc(NC(=O)c2ccccc2NC(=O)CCCC(=O)O)c(OC)c1. The molecule has 0 fully saturated rings. The number of benzene rings is 2. The molecule has 148 valence electrons. The van der Waals surface area contributed by atoms with E-state index in [-0.39, 0.29) is 30.7 Å². The predicted octanol–water partition coefficient (Wildman–Crippen LogP) is 3.15. The van der Waals surface area contributed by atoms with Gasteiger partial charge in [-0.25, -0.2) is 0 Å². The molecule has 0 unspecified atom stereocenters. The number of carbonyl (C=O) groups is 3. The van der Waals surface area contributed by atoms with Crippen LogP contribution in [0.5, 0.6) is 11.5 Å². The van der Waals surface area contributed by atoms with Gasteiger partial charge in [0.15, 0.2) is 0 Å². The van der Waals surface area contributed by atoms with Crippen molar-refractivity contribution in [2.75, 3.05) is 24.9 Å². The van der Waals surface area contributed by atoms with E-state index in [4.69, 9.17) is 14.6 Å². The minimum absolute atomic E-state index is 0.0502. The van der Waals surface area contributed by atoms with Gasteiger partial charge in [0, 0.05) is 18.9 Å². The van der Waals surface area contributed by atoms with Gasteiger partial charge in [-0.05, 0) is 30.7 Å². The third kappa shape index (κ3) is 5.73. The van der Waals surface area contributed by atoms with E-state index in [2.05, 4.69) is 10.6 Å². The molecule has 0 saturated carbocycles. The normalized spacial score (nSPS) is 10.1. The van der Waals surface area contributed by atoms with Crippen LogP contribution in [-0.2, 0) is 9.59 Å². The zero-order chi connectivity index (χ0) is 20.5. The molecule has 0 radical (unpaired) electrons. The number of hydrogen-bond donors (Lipinski definition) is 3. The minimum atomic E-state index is -0.957. The Morgan fingerprint density at radius 2 is 1.68 bits per heavy atom. The summed E-state index contributed by atoms with van der Waals surface area (Å²) < 4.78 is 10.4. The second kappa shape index (κ2) is 9.96. The lowest BCUT2D eigenvalue weighted by Crippen LogP contribution is -2.18. The Labute approximate surface area is 162 Å². The Hall–Kier alpha value is -3.55. The van der Waals surface area contributed by atoms with Crippen molar-refractivity contribution in [2.45, 2.75) is 19.3 Å². The van der Waals surface area contributed by atoms with Gasteiger partial charge in [-0.15, -0.1) is 0 Å². The zero-order valence-corrected chi connectivity index (χ0v) is 15.7. The number of anilines is 2. The molecular weight excluding hydrogens is 364 g/mol. The molecule has 0 aliphatic carbocycles. The molecule has 8 heteroatoms. The summed E-state index contributed by atoms with van der Waals surface area (Å²) in [7, 11) is 3.01. The first kappa shape index (κ1) is 20.8. The highest BCUT2D eigenvalue weighted by molar-refractivity contribution is 6.10. The summed E-state index contributed by atoms with van der Waals surface area (Å²) in [6.45, 7) is 0. The van der Waals surface area contributed by atoms with Crippen molar-refractivity contribution >= 4 is 29.2 Å². The monoisotopic (exact) mass is 386 g/mol. The van der Waals surface area contributed by atoms with E-state index < -0.39 is 11.9 Å². The number of hydrogen-bond acceptors (Lipinski definition) is 5. The van der Waals surface area contributed by atoms with Gasteiger partial charge in [0.05, 0.1) is 31.2 Å². The standard InChI is InChI=1S/C20H22N2O6/c1-27-13-10-11-16(17(12-13)28-2)22-20(26)14-6-3-4-7-15(14)21-18(23)8-5-9-19(24)25/h3-4,6-7,10-12H,5,8-9H2,1-2H3,(H,21,23)(H,22,26)(H,24,25). The molecule has 0 saturated heterocycles. The van der Waals surface area contributed by atoms with Crippen LogP contribution in [0.4, 0.5) is 11.4 Å². The van der Waals surface area contributed by atoms with Crippen molar-refractivity contribution in [3.8, 4) is 11.5 Å². The van der Waals surface area contributed by atoms with Gasteiger partial charge in [0.2, 0.25) is 5.91 Å². The molecule has 2 aromatic rings. The number of aliphatic carboxylic acids is 1. The average Bonchev–Trinajstić information content (AvgIpc) is 2.68. The average molecular weight is 386 g/mol. The first-order chi connectivity index (χ1) is 13.4. The maximum atomic E-state index is 12.7. The fraction of sp³-hybridized carbons (Fsp3) is 0.250.